The minimum absolute atomic E-state index is 0.0431. The highest BCUT2D eigenvalue weighted by Crippen LogP contribution is 2.34. The average molecular weight is 499 g/mol. The van der Waals surface area contributed by atoms with Crippen molar-refractivity contribution in [3.63, 3.8) is 0 Å². The molecule has 0 bridgehead atoms. The molecule has 0 unspecified atom stereocenters. The molecule has 0 saturated heterocycles. The van der Waals surface area contributed by atoms with Gasteiger partial charge in [-0.3, -0.25) is 4.79 Å². The van der Waals surface area contributed by atoms with E-state index in [1.54, 1.807) is 41.3 Å². The smallest absolute Gasteiger partial charge is 0.323 e. The van der Waals surface area contributed by atoms with Gasteiger partial charge in [0.25, 0.3) is 0 Å². The standard InChI is InChI=1S/C26H34N4O6/c1-16-12-30(17(2)14-31)25(32)10-18-9-19(5-7-21(18)36-24(16)13-29(3)4)27-26(33)28-20-6-8-22-23(11-20)35-15-34-22/h5-9,11,16-17,24,31H,10,12-15H2,1-4H3,(H2,27,28,33)/t16-,17+,24-/m1/s1. The Balaban J connectivity index is 1.54. The maximum Gasteiger partial charge on any atom is 0.323 e. The van der Waals surface area contributed by atoms with Crippen LogP contribution in [0.2, 0.25) is 0 Å². The topological polar surface area (TPSA) is 113 Å². The molecule has 2 aromatic carbocycles. The van der Waals surface area contributed by atoms with Crippen LogP contribution in [0.15, 0.2) is 36.4 Å². The summed E-state index contributed by atoms with van der Waals surface area (Å²) in [7, 11) is 3.96. The van der Waals surface area contributed by atoms with Crippen molar-refractivity contribution >= 4 is 23.3 Å². The van der Waals surface area contributed by atoms with E-state index in [-0.39, 0.29) is 43.8 Å². The Morgan fingerprint density at radius 3 is 2.47 bits per heavy atom. The second-order valence-corrected chi connectivity index (χ2v) is 9.62. The summed E-state index contributed by atoms with van der Waals surface area (Å²) in [6, 6.07) is 9.73. The Kier molecular flexibility index (Phi) is 7.85. The molecule has 10 heteroatoms. The van der Waals surface area contributed by atoms with Gasteiger partial charge < -0.3 is 39.8 Å². The van der Waals surface area contributed by atoms with Gasteiger partial charge in [0.15, 0.2) is 11.5 Å². The third kappa shape index (κ3) is 6.00. The first-order valence-corrected chi connectivity index (χ1v) is 12.1. The van der Waals surface area contributed by atoms with Gasteiger partial charge in [0, 0.05) is 42.0 Å². The largest absolute Gasteiger partial charge is 0.488 e. The van der Waals surface area contributed by atoms with Crippen LogP contribution in [-0.4, -0.2) is 79.6 Å². The van der Waals surface area contributed by atoms with Crippen molar-refractivity contribution in [2.24, 2.45) is 5.92 Å². The molecule has 0 aromatic heterocycles. The predicted molar refractivity (Wildman–Crippen MR) is 136 cm³/mol. The maximum atomic E-state index is 13.3. The summed E-state index contributed by atoms with van der Waals surface area (Å²) >= 11 is 0. The van der Waals surface area contributed by atoms with Crippen molar-refractivity contribution in [2.45, 2.75) is 32.4 Å². The zero-order valence-electron chi connectivity index (χ0n) is 21.1. The Hall–Kier alpha value is -3.50. The Morgan fingerprint density at radius 1 is 1.11 bits per heavy atom. The molecule has 0 fully saturated rings. The van der Waals surface area contributed by atoms with E-state index in [0.29, 0.717) is 47.3 Å². The van der Waals surface area contributed by atoms with Crippen LogP contribution in [-0.2, 0) is 11.2 Å². The minimum Gasteiger partial charge on any atom is -0.488 e. The molecule has 2 heterocycles. The minimum atomic E-state index is -0.432. The van der Waals surface area contributed by atoms with Gasteiger partial charge in [-0.2, -0.15) is 0 Å². The summed E-state index contributed by atoms with van der Waals surface area (Å²) in [4.78, 5) is 29.7. The molecule has 0 spiro atoms. The second kappa shape index (κ2) is 11.0. The van der Waals surface area contributed by atoms with Gasteiger partial charge in [0.2, 0.25) is 12.7 Å². The number of urea groups is 1. The lowest BCUT2D eigenvalue weighted by Gasteiger charge is -2.33. The molecule has 4 rings (SSSR count). The molecule has 2 aliphatic heterocycles. The number of fused-ring (bicyclic) bond motifs is 2. The lowest BCUT2D eigenvalue weighted by molar-refractivity contribution is -0.134. The van der Waals surface area contributed by atoms with E-state index in [0.717, 1.165) is 0 Å². The molecule has 194 valence electrons. The van der Waals surface area contributed by atoms with E-state index in [1.807, 2.05) is 21.0 Å². The van der Waals surface area contributed by atoms with Crippen molar-refractivity contribution in [3.8, 4) is 17.2 Å². The first-order chi connectivity index (χ1) is 17.2. The van der Waals surface area contributed by atoms with Gasteiger partial charge in [0.1, 0.15) is 11.9 Å². The van der Waals surface area contributed by atoms with Crippen LogP contribution in [0.1, 0.15) is 19.4 Å². The summed E-state index contributed by atoms with van der Waals surface area (Å²) in [6.07, 6.45) is -0.0634. The number of ether oxygens (including phenoxy) is 3. The number of nitrogens with zero attached hydrogens (tertiary/aromatic N) is 2. The third-order valence-electron chi connectivity index (χ3n) is 6.35. The number of rotatable bonds is 6. The van der Waals surface area contributed by atoms with Crippen molar-refractivity contribution in [3.05, 3.63) is 42.0 Å². The van der Waals surface area contributed by atoms with Crippen LogP contribution in [0.5, 0.6) is 17.2 Å². The fourth-order valence-electron chi connectivity index (χ4n) is 4.35. The predicted octanol–water partition coefficient (Wildman–Crippen LogP) is 2.77. The summed E-state index contributed by atoms with van der Waals surface area (Å²) in [5.41, 5.74) is 1.77. The summed E-state index contributed by atoms with van der Waals surface area (Å²) in [5, 5.41) is 15.3. The number of carbonyl (C=O) groups is 2. The van der Waals surface area contributed by atoms with Crippen molar-refractivity contribution in [1.82, 2.24) is 9.80 Å². The van der Waals surface area contributed by atoms with E-state index in [9.17, 15) is 14.7 Å². The summed E-state index contributed by atoms with van der Waals surface area (Å²) in [6.45, 7) is 5.09. The second-order valence-electron chi connectivity index (χ2n) is 9.62. The molecule has 2 aromatic rings. The van der Waals surface area contributed by atoms with Gasteiger partial charge in [-0.25, -0.2) is 4.79 Å². The fourth-order valence-corrected chi connectivity index (χ4v) is 4.35. The van der Waals surface area contributed by atoms with E-state index in [4.69, 9.17) is 14.2 Å². The van der Waals surface area contributed by atoms with Crippen LogP contribution in [0, 0.1) is 5.92 Å². The van der Waals surface area contributed by atoms with Gasteiger partial charge >= 0.3 is 6.03 Å². The Bertz CT molecular complexity index is 1110. The van der Waals surface area contributed by atoms with E-state index >= 15 is 0 Å². The number of nitrogens with one attached hydrogen (secondary N) is 2. The first kappa shape index (κ1) is 25.6. The maximum absolute atomic E-state index is 13.3. The van der Waals surface area contributed by atoms with Crippen molar-refractivity contribution < 1.29 is 28.9 Å². The molecular formula is C26H34N4O6. The van der Waals surface area contributed by atoms with Gasteiger partial charge in [-0.15, -0.1) is 0 Å². The zero-order valence-corrected chi connectivity index (χ0v) is 21.1. The number of aliphatic hydroxyl groups excluding tert-OH is 1. The number of carbonyl (C=O) groups excluding carboxylic acids is 2. The number of aliphatic hydroxyl groups is 1. The third-order valence-corrected chi connectivity index (χ3v) is 6.35. The van der Waals surface area contributed by atoms with Crippen LogP contribution in [0.25, 0.3) is 0 Å². The van der Waals surface area contributed by atoms with Crippen LogP contribution < -0.4 is 24.8 Å². The molecule has 3 N–H and O–H groups in total. The number of benzene rings is 2. The van der Waals surface area contributed by atoms with E-state index in [1.165, 1.54) is 0 Å². The average Bonchev–Trinajstić information content (AvgIpc) is 3.31. The van der Waals surface area contributed by atoms with Gasteiger partial charge in [-0.05, 0) is 51.4 Å². The highest BCUT2D eigenvalue weighted by Gasteiger charge is 2.30. The molecule has 36 heavy (non-hydrogen) atoms. The van der Waals surface area contributed by atoms with Crippen molar-refractivity contribution in [1.29, 1.82) is 0 Å². The highest BCUT2D eigenvalue weighted by molar-refractivity contribution is 6.00. The number of hydrogen-bond acceptors (Lipinski definition) is 7. The summed E-state index contributed by atoms with van der Waals surface area (Å²) in [5.74, 6) is 1.77. The molecule has 3 atom stereocenters. The van der Waals surface area contributed by atoms with Gasteiger partial charge in [0.05, 0.1) is 19.1 Å². The molecule has 0 radical (unpaired) electrons. The number of anilines is 2. The monoisotopic (exact) mass is 498 g/mol. The van der Waals surface area contributed by atoms with Gasteiger partial charge in [-0.1, -0.05) is 6.92 Å². The van der Waals surface area contributed by atoms with E-state index in [2.05, 4.69) is 22.5 Å². The van der Waals surface area contributed by atoms with Crippen LogP contribution in [0.3, 0.4) is 0 Å². The Labute approximate surface area is 211 Å². The number of hydrogen-bond donors (Lipinski definition) is 3. The van der Waals surface area contributed by atoms with Crippen LogP contribution in [0.4, 0.5) is 16.2 Å². The lowest BCUT2D eigenvalue weighted by atomic mass is 10.0. The number of likely N-dealkylation sites (N-methyl/N-ethyl adjacent to an activating group) is 1. The quantitative estimate of drug-likeness (QED) is 0.561. The molecule has 10 nitrogen and oxygen atoms in total. The normalized spacial score (nSPS) is 20.1. The number of amides is 3. The molecule has 0 saturated carbocycles. The lowest BCUT2D eigenvalue weighted by Crippen LogP contribution is -2.47. The van der Waals surface area contributed by atoms with Crippen molar-refractivity contribution in [2.75, 3.05) is 51.2 Å². The molecule has 3 amide bonds. The SMILES string of the molecule is C[C@@H]1CN([C@@H](C)CO)C(=O)Cc2cc(NC(=O)Nc3ccc4c(c3)OCO4)ccc2O[C@@H]1CN(C)C. The molecule has 0 aliphatic carbocycles. The first-order valence-electron chi connectivity index (χ1n) is 12.1. The van der Waals surface area contributed by atoms with Crippen LogP contribution >= 0.6 is 0 Å². The summed E-state index contributed by atoms with van der Waals surface area (Å²) < 4.78 is 17.1. The fraction of sp³-hybridized carbons (Fsp3) is 0.462. The highest BCUT2D eigenvalue weighted by atomic mass is 16.7. The molecule has 2 aliphatic rings. The van der Waals surface area contributed by atoms with E-state index < -0.39 is 6.03 Å². The zero-order chi connectivity index (χ0) is 25.8. The Morgan fingerprint density at radius 2 is 1.78 bits per heavy atom. The molecular weight excluding hydrogens is 464 g/mol.